The minimum Gasteiger partial charge on any atom is -0.462 e. The molecule has 6 aliphatic heterocycles. The number of rotatable bonds is 28. The van der Waals surface area contributed by atoms with E-state index in [0.29, 0.717) is 90.8 Å². The highest BCUT2D eigenvalue weighted by Crippen LogP contribution is 2.36. The van der Waals surface area contributed by atoms with E-state index in [9.17, 15) is 55.2 Å². The second-order valence-corrected chi connectivity index (χ2v) is 26.7. The number of carbonyl (C=O) groups excluding carboxylic acids is 3. The Kier molecular flexibility index (Phi) is 36.3. The van der Waals surface area contributed by atoms with Crippen LogP contribution in [-0.2, 0) is 42.7 Å². The smallest absolute Gasteiger partial charge is 0.315 e. The summed E-state index contributed by atoms with van der Waals surface area (Å²) in [6, 6.07) is 20.4. The zero-order valence-corrected chi connectivity index (χ0v) is 60.5. The first kappa shape index (κ1) is 85.0. The summed E-state index contributed by atoms with van der Waals surface area (Å²) in [7, 11) is 5.09. The van der Waals surface area contributed by atoms with Gasteiger partial charge in [0, 0.05) is 69.7 Å². The van der Waals surface area contributed by atoms with Crippen molar-refractivity contribution in [2.45, 2.75) is 168 Å². The number of aliphatic imine (C=N–C) groups is 1. The summed E-state index contributed by atoms with van der Waals surface area (Å²) in [5, 5.41) is 121. The fraction of sp³-hybridized carbons (Fsp3) is 0.631. The van der Waals surface area contributed by atoms with E-state index >= 15 is 0 Å². The summed E-state index contributed by atoms with van der Waals surface area (Å²) in [4.78, 5) is 41.0. The summed E-state index contributed by atoms with van der Waals surface area (Å²) in [5.74, 6) is 1.15. The van der Waals surface area contributed by atoms with Gasteiger partial charge >= 0.3 is 6.03 Å². The van der Waals surface area contributed by atoms with E-state index < -0.39 is 111 Å². The Morgan fingerprint density at radius 2 is 1.19 bits per heavy atom. The maximum atomic E-state index is 12.3. The maximum Gasteiger partial charge on any atom is 0.315 e. The molecule has 0 radical (unpaired) electrons. The number of hydrogen-bond acceptors (Lipinski definition) is 29. The van der Waals surface area contributed by atoms with Crippen molar-refractivity contribution in [3.8, 4) is 17.2 Å². The molecule has 6 saturated heterocycles. The molecule has 0 aliphatic carbocycles. The van der Waals surface area contributed by atoms with Gasteiger partial charge in [-0.2, -0.15) is 16.8 Å². The van der Waals surface area contributed by atoms with E-state index in [1.54, 1.807) is 108 Å². The molecule has 18 atom stereocenters. The van der Waals surface area contributed by atoms with Crippen LogP contribution in [0.1, 0.15) is 52.4 Å². The number of nitrogens with one attached hydrogen (secondary N) is 7. The van der Waals surface area contributed by atoms with Gasteiger partial charge in [-0.3, -0.25) is 9.59 Å². The zero-order valence-electron chi connectivity index (χ0n) is 57.2. The van der Waals surface area contributed by atoms with Gasteiger partial charge in [0.2, 0.25) is 30.7 Å². The number of aliphatic hydroxyl groups excluding tert-OH is 10. The molecule has 4 amide bonds. The molecule has 0 spiro atoms. The van der Waals surface area contributed by atoms with E-state index in [4.69, 9.17) is 87.8 Å². The highest BCUT2D eigenvalue weighted by molar-refractivity contribution is 8.00. The molecular weight excluding hydrogens is 1420 g/mol. The molecule has 6 heterocycles. The fourth-order valence-electron chi connectivity index (χ4n) is 10.7. The Labute approximate surface area is 611 Å². The summed E-state index contributed by atoms with van der Waals surface area (Å²) in [5.41, 5.74) is 7.50. The third kappa shape index (κ3) is 26.9. The van der Waals surface area contributed by atoms with Crippen LogP contribution in [0, 0.1) is 0 Å². The Bertz CT molecular complexity index is 3080. The predicted molar refractivity (Wildman–Crippen MR) is 384 cm³/mol. The minimum absolute atomic E-state index is 0.0223. The maximum absolute atomic E-state index is 12.3. The van der Waals surface area contributed by atoms with E-state index in [0.717, 1.165) is 42.8 Å². The highest BCUT2D eigenvalue weighted by Gasteiger charge is 2.52. The van der Waals surface area contributed by atoms with Gasteiger partial charge in [0.15, 0.2) is 16.0 Å². The van der Waals surface area contributed by atoms with Crippen LogP contribution >= 0.6 is 48.4 Å². The van der Waals surface area contributed by atoms with E-state index in [1.165, 1.54) is 4.90 Å². The molecule has 0 aromatic heterocycles. The zero-order chi connectivity index (χ0) is 74.5. The largest absolute Gasteiger partial charge is 0.462 e. The van der Waals surface area contributed by atoms with Gasteiger partial charge in [0.1, 0.15) is 90.5 Å². The van der Waals surface area contributed by atoms with Gasteiger partial charge in [-0.15, -0.1) is 0 Å². The van der Waals surface area contributed by atoms with Crippen LogP contribution in [0.5, 0.6) is 17.2 Å². The minimum atomic E-state index is -1.47. The number of benzene rings is 3. The normalized spacial score (nSPS) is 28.8. The van der Waals surface area contributed by atoms with Crippen LogP contribution in [0.3, 0.4) is 0 Å². The number of thiocarbonyl (C=S) groups is 3. The Balaban J connectivity index is 0.000000216. The predicted octanol–water partition coefficient (Wildman–Crippen LogP) is -0.980. The van der Waals surface area contributed by atoms with Gasteiger partial charge in [0.05, 0.1) is 62.5 Å². The second kappa shape index (κ2) is 43.5. The summed E-state index contributed by atoms with van der Waals surface area (Å²) < 4.78 is 54.9. The van der Waals surface area contributed by atoms with Crippen molar-refractivity contribution in [2.24, 2.45) is 10.7 Å². The molecule has 37 heteroatoms. The number of hydrogen-bond donors (Lipinski definition) is 18. The lowest BCUT2D eigenvalue weighted by atomic mass is 9.97. The van der Waals surface area contributed by atoms with Gasteiger partial charge in [-0.1, -0.05) is 6.42 Å². The SMILES string of the molecule is CN(CC(=O)NCCCOCCOCCCN)C(=O)CCCC[C@@H]1SCC2NC(=O)NC21.CNC(=S)Nc1ccc(OC2OC(CO)C(O)C(O)C2O)cc1.CNC(=S)Nc1ccc(OC2OC3COC(C)(C)OC3C(O)C2O)cc1.OCC1OC(Oc2ccc(N=C=S)cc2)C(O)C(O)C1O. The molecule has 3 aromatic rings. The molecule has 33 nitrogen and oxygen atoms in total. The van der Waals surface area contributed by atoms with Crippen molar-refractivity contribution in [1.82, 2.24) is 31.5 Å². The van der Waals surface area contributed by atoms with E-state index in [1.807, 2.05) is 11.8 Å². The van der Waals surface area contributed by atoms with Gasteiger partial charge in [0.25, 0.3) is 0 Å². The van der Waals surface area contributed by atoms with E-state index in [2.05, 4.69) is 59.6 Å². The Morgan fingerprint density at radius 1 is 0.686 bits per heavy atom. The Hall–Kier alpha value is -5.92. The molecule has 102 heavy (non-hydrogen) atoms. The van der Waals surface area contributed by atoms with Crippen molar-refractivity contribution in [2.75, 3.05) is 103 Å². The summed E-state index contributed by atoms with van der Waals surface area (Å²) in [6.45, 7) is 6.22. The summed E-state index contributed by atoms with van der Waals surface area (Å²) in [6.07, 6.45) is -13.0. The number of isothiocyanates is 1. The number of likely N-dealkylation sites (N-methyl/N-ethyl adjacent to an activating group) is 1. The quantitative estimate of drug-likeness (QED) is 0.0180. The number of fused-ring (bicyclic) bond motifs is 2. The van der Waals surface area contributed by atoms with Crippen molar-refractivity contribution in [1.29, 1.82) is 0 Å². The lowest BCUT2D eigenvalue weighted by Crippen LogP contribution is -2.65. The van der Waals surface area contributed by atoms with Crippen LogP contribution in [0.4, 0.5) is 21.9 Å². The fourth-order valence-corrected chi connectivity index (χ4v) is 12.5. The van der Waals surface area contributed by atoms with Crippen molar-refractivity contribution < 1.29 is 113 Å². The summed E-state index contributed by atoms with van der Waals surface area (Å²) >= 11 is 16.4. The first-order valence-corrected chi connectivity index (χ1v) is 35.4. The molecule has 570 valence electrons. The number of urea groups is 1. The number of amides is 4. The number of nitrogens with two attached hydrogens (primary N) is 1. The van der Waals surface area contributed by atoms with Gasteiger partial charge in [-0.05, 0) is 156 Å². The monoisotopic (exact) mass is 1510 g/mol. The topological polar surface area (TPSA) is 472 Å². The lowest BCUT2D eigenvalue weighted by molar-refractivity contribution is -0.373. The second-order valence-electron chi connectivity index (χ2n) is 24.4. The number of carbonyl (C=O) groups is 3. The number of anilines is 2. The van der Waals surface area contributed by atoms with E-state index in [-0.39, 0.29) is 43.1 Å². The third-order valence-corrected chi connectivity index (χ3v) is 18.5. The molecule has 9 rings (SSSR count). The van der Waals surface area contributed by atoms with Crippen molar-refractivity contribution in [3.63, 3.8) is 0 Å². The average molecular weight is 1520 g/mol. The Morgan fingerprint density at radius 3 is 1.69 bits per heavy atom. The van der Waals surface area contributed by atoms with Crippen molar-refractivity contribution in [3.05, 3.63) is 72.8 Å². The molecule has 0 bridgehead atoms. The molecule has 17 unspecified atom stereocenters. The van der Waals surface area contributed by atoms with Crippen LogP contribution in [-0.4, -0.2) is 297 Å². The average Bonchev–Trinajstić information content (AvgIpc) is 0.821. The number of aliphatic hydroxyl groups is 10. The third-order valence-electron chi connectivity index (χ3n) is 16.3. The lowest BCUT2D eigenvalue weighted by Gasteiger charge is -2.48. The highest BCUT2D eigenvalue weighted by atomic mass is 32.2. The van der Waals surface area contributed by atoms with Crippen LogP contribution < -0.4 is 57.2 Å². The number of nitrogens with zero attached hydrogens (tertiary/aromatic N) is 2. The molecular formula is C65H98N10O23S4. The van der Waals surface area contributed by atoms with Crippen LogP contribution in [0.25, 0.3) is 0 Å². The van der Waals surface area contributed by atoms with Gasteiger partial charge < -0.3 is 146 Å². The number of ether oxygens (including phenoxy) is 10. The standard InChI is InChI=1S/C21H39N5O5S.C17H24N2O6S.C14H20N2O6S.C13H15NO6S/c1-26(14-18(27)23-9-5-11-31-13-12-30-10-4-8-22)19(28)7-3-2-6-17-20-16(15-32-17)24-21(29)25-20;1-17(2)22-8-11-14(25-17)12(20)13(21)15(24-11)23-10-6-4-9(5-7-10)19-16(26)18-3;1-15-14(23)16-7-2-4-8(5-3-7)21-13-12(20)11(19)10(18)9(6-17)22-13;15-5-9-10(16)11(17)12(18)13(20-9)19-8-3-1-7(2-4-8)14-6-21/h16-17,20H,2-15,22H2,1H3,(H,23,27)(H2,24,25,29);4-7,11-15,20-21H,8H2,1-3H3,(H2,18,19,26);2-5,9-13,17-20H,6H2,1H3,(H2,15,16,23);1-4,9-13,15-18H,5H2/t16?,17-,20?;;;/m0.../s1. The first-order chi connectivity index (χ1) is 48.8. The van der Waals surface area contributed by atoms with Gasteiger partial charge in [-0.25, -0.2) is 4.79 Å². The van der Waals surface area contributed by atoms with Crippen LogP contribution in [0.15, 0.2) is 77.8 Å². The first-order valence-electron chi connectivity index (χ1n) is 33.2. The molecule has 6 aliphatic rings. The molecule has 0 saturated carbocycles. The van der Waals surface area contributed by atoms with Crippen molar-refractivity contribution >= 4 is 98.7 Å². The van der Waals surface area contributed by atoms with Crippen LogP contribution in [0.2, 0.25) is 0 Å². The number of unbranched alkanes of at least 4 members (excludes halogenated alkanes) is 1. The molecule has 19 N–H and O–H groups in total. The molecule has 3 aromatic carbocycles. The number of thioether (sulfide) groups is 1. The molecule has 6 fully saturated rings.